The number of rotatable bonds is 3. The molecule has 0 aromatic carbocycles. The Bertz CT molecular complexity index is 695. The molecule has 1 amide bonds. The maximum absolute atomic E-state index is 12.6. The monoisotopic (exact) mass is 348 g/mol. The van der Waals surface area contributed by atoms with E-state index in [0.717, 1.165) is 44.0 Å². The highest BCUT2D eigenvalue weighted by molar-refractivity contribution is 7.03. The Hall–Kier alpha value is -1.84. The first kappa shape index (κ1) is 15.7. The number of morpholine rings is 1. The lowest BCUT2D eigenvalue weighted by Gasteiger charge is -2.26. The topological polar surface area (TPSA) is 76.4 Å². The smallest absolute Gasteiger partial charge is 0.274 e. The van der Waals surface area contributed by atoms with E-state index in [0.29, 0.717) is 32.0 Å². The normalized spacial score (nSPS) is 19.1. The van der Waals surface area contributed by atoms with Gasteiger partial charge in [0.15, 0.2) is 5.69 Å². The Kier molecular flexibility index (Phi) is 4.54. The SMILES string of the molecule is O=C(c1cc2n(n1)CCCN(Cc1csnn1)C2)N1CCOCC1. The van der Waals surface area contributed by atoms with E-state index < -0.39 is 0 Å². The van der Waals surface area contributed by atoms with E-state index in [1.165, 1.54) is 11.5 Å². The van der Waals surface area contributed by atoms with Crippen molar-refractivity contribution in [2.24, 2.45) is 0 Å². The lowest BCUT2D eigenvalue weighted by atomic mass is 10.3. The standard InChI is InChI=1S/C15H20N6O2S/c22-15(20-4-6-23-7-5-20)14-8-13-10-19(2-1-3-21(13)17-14)9-12-11-24-18-16-12/h8,11H,1-7,9-10H2. The van der Waals surface area contributed by atoms with Crippen molar-refractivity contribution < 1.29 is 9.53 Å². The minimum Gasteiger partial charge on any atom is -0.378 e. The number of carbonyl (C=O) groups is 1. The fourth-order valence-electron chi connectivity index (χ4n) is 3.18. The molecule has 2 aliphatic rings. The van der Waals surface area contributed by atoms with Crippen LogP contribution in [-0.4, -0.2) is 67.9 Å². The Morgan fingerprint density at radius 3 is 2.92 bits per heavy atom. The van der Waals surface area contributed by atoms with Gasteiger partial charge in [0, 0.05) is 44.6 Å². The zero-order valence-corrected chi connectivity index (χ0v) is 14.2. The van der Waals surface area contributed by atoms with E-state index in [1.54, 1.807) is 0 Å². The molecule has 4 heterocycles. The highest BCUT2D eigenvalue weighted by Crippen LogP contribution is 2.17. The Morgan fingerprint density at radius 1 is 1.25 bits per heavy atom. The second-order valence-electron chi connectivity index (χ2n) is 6.11. The number of aryl methyl sites for hydroxylation is 1. The first-order valence-electron chi connectivity index (χ1n) is 8.21. The maximum Gasteiger partial charge on any atom is 0.274 e. The van der Waals surface area contributed by atoms with Crippen LogP contribution in [0.2, 0.25) is 0 Å². The quantitative estimate of drug-likeness (QED) is 0.809. The number of hydrogen-bond donors (Lipinski definition) is 0. The average molecular weight is 348 g/mol. The van der Waals surface area contributed by atoms with Gasteiger partial charge in [0.05, 0.1) is 24.6 Å². The van der Waals surface area contributed by atoms with Gasteiger partial charge in [-0.1, -0.05) is 4.49 Å². The summed E-state index contributed by atoms with van der Waals surface area (Å²) >= 11 is 1.38. The van der Waals surface area contributed by atoms with Gasteiger partial charge in [-0.05, 0) is 24.0 Å². The molecule has 1 saturated heterocycles. The molecule has 0 N–H and O–H groups in total. The molecule has 128 valence electrons. The molecule has 0 aliphatic carbocycles. The average Bonchev–Trinajstić information content (AvgIpc) is 3.22. The van der Waals surface area contributed by atoms with Gasteiger partial charge < -0.3 is 9.64 Å². The maximum atomic E-state index is 12.6. The molecule has 4 rings (SSSR count). The van der Waals surface area contributed by atoms with Crippen molar-refractivity contribution >= 4 is 17.4 Å². The van der Waals surface area contributed by atoms with Gasteiger partial charge in [-0.2, -0.15) is 5.10 Å². The number of hydrogen-bond acceptors (Lipinski definition) is 7. The van der Waals surface area contributed by atoms with Crippen LogP contribution in [0.1, 0.15) is 28.3 Å². The molecule has 2 aromatic rings. The summed E-state index contributed by atoms with van der Waals surface area (Å²) in [6.45, 7) is 5.90. The van der Waals surface area contributed by atoms with E-state index in [9.17, 15) is 4.79 Å². The number of carbonyl (C=O) groups excluding carboxylic acids is 1. The van der Waals surface area contributed by atoms with Gasteiger partial charge in [0.2, 0.25) is 0 Å². The molecule has 8 nitrogen and oxygen atoms in total. The molecule has 0 spiro atoms. The van der Waals surface area contributed by atoms with E-state index in [-0.39, 0.29) is 5.91 Å². The molecule has 0 unspecified atom stereocenters. The summed E-state index contributed by atoms with van der Waals surface area (Å²) in [6.07, 6.45) is 1.01. The molecule has 9 heteroatoms. The number of aromatic nitrogens is 4. The molecule has 2 aromatic heterocycles. The summed E-state index contributed by atoms with van der Waals surface area (Å²) in [5.41, 5.74) is 2.63. The van der Waals surface area contributed by atoms with Crippen LogP contribution >= 0.6 is 11.5 Å². The summed E-state index contributed by atoms with van der Waals surface area (Å²) < 4.78 is 11.2. The predicted molar refractivity (Wildman–Crippen MR) is 87.6 cm³/mol. The molecule has 0 atom stereocenters. The number of nitrogens with zero attached hydrogens (tertiary/aromatic N) is 6. The first-order chi connectivity index (χ1) is 11.8. The first-order valence-corrected chi connectivity index (χ1v) is 9.05. The highest BCUT2D eigenvalue weighted by atomic mass is 32.1. The second kappa shape index (κ2) is 6.96. The summed E-state index contributed by atoms with van der Waals surface area (Å²) in [7, 11) is 0. The third kappa shape index (κ3) is 3.33. The van der Waals surface area contributed by atoms with Crippen LogP contribution < -0.4 is 0 Å². The van der Waals surface area contributed by atoms with Crippen molar-refractivity contribution in [1.82, 2.24) is 29.2 Å². The van der Waals surface area contributed by atoms with Crippen LogP contribution in [0.15, 0.2) is 11.4 Å². The molecule has 2 aliphatic heterocycles. The van der Waals surface area contributed by atoms with Gasteiger partial charge in [0.25, 0.3) is 5.91 Å². The van der Waals surface area contributed by atoms with Crippen LogP contribution in [0.4, 0.5) is 0 Å². The predicted octanol–water partition coefficient (Wildman–Crippen LogP) is 0.613. The van der Waals surface area contributed by atoms with Gasteiger partial charge >= 0.3 is 0 Å². The Balaban J connectivity index is 1.48. The fraction of sp³-hybridized carbons (Fsp3) is 0.600. The van der Waals surface area contributed by atoms with Crippen molar-refractivity contribution in [3.8, 4) is 0 Å². The van der Waals surface area contributed by atoms with E-state index >= 15 is 0 Å². The minimum atomic E-state index is 0.00845. The summed E-state index contributed by atoms with van der Waals surface area (Å²) in [4.78, 5) is 16.8. The van der Waals surface area contributed by atoms with Crippen molar-refractivity contribution in [3.05, 3.63) is 28.5 Å². The molecular weight excluding hydrogens is 328 g/mol. The zero-order chi connectivity index (χ0) is 16.4. The summed E-state index contributed by atoms with van der Waals surface area (Å²) in [6, 6.07) is 1.94. The zero-order valence-electron chi connectivity index (χ0n) is 13.4. The molecule has 0 saturated carbocycles. The fourth-order valence-corrected chi connectivity index (χ4v) is 3.62. The van der Waals surface area contributed by atoms with Gasteiger partial charge in [0.1, 0.15) is 0 Å². The molecule has 24 heavy (non-hydrogen) atoms. The highest BCUT2D eigenvalue weighted by Gasteiger charge is 2.24. The van der Waals surface area contributed by atoms with Gasteiger partial charge in [-0.15, -0.1) is 5.10 Å². The lowest BCUT2D eigenvalue weighted by Crippen LogP contribution is -2.40. The Labute approximate surface area is 144 Å². The van der Waals surface area contributed by atoms with Gasteiger partial charge in [-0.25, -0.2) is 0 Å². The summed E-state index contributed by atoms with van der Waals surface area (Å²) in [5.74, 6) is 0.00845. The van der Waals surface area contributed by atoms with Crippen LogP contribution in [0.3, 0.4) is 0 Å². The molecular formula is C15H20N6O2S. The van der Waals surface area contributed by atoms with E-state index in [4.69, 9.17) is 4.74 Å². The third-order valence-corrected chi connectivity index (χ3v) is 4.95. The molecule has 0 bridgehead atoms. The van der Waals surface area contributed by atoms with Crippen LogP contribution in [0.5, 0.6) is 0 Å². The van der Waals surface area contributed by atoms with Crippen LogP contribution in [-0.2, 0) is 24.4 Å². The van der Waals surface area contributed by atoms with E-state index in [1.807, 2.05) is 21.0 Å². The second-order valence-corrected chi connectivity index (χ2v) is 6.72. The van der Waals surface area contributed by atoms with Crippen molar-refractivity contribution in [1.29, 1.82) is 0 Å². The third-order valence-electron chi connectivity index (χ3n) is 4.40. The van der Waals surface area contributed by atoms with Crippen LogP contribution in [0, 0.1) is 0 Å². The number of ether oxygens (including phenoxy) is 1. The lowest BCUT2D eigenvalue weighted by molar-refractivity contribution is 0.0298. The number of amides is 1. The van der Waals surface area contributed by atoms with Crippen molar-refractivity contribution in [2.45, 2.75) is 26.1 Å². The number of fused-ring (bicyclic) bond motifs is 1. The van der Waals surface area contributed by atoms with Gasteiger partial charge in [-0.3, -0.25) is 14.4 Å². The minimum absolute atomic E-state index is 0.00845. The van der Waals surface area contributed by atoms with E-state index in [2.05, 4.69) is 19.6 Å². The van der Waals surface area contributed by atoms with Crippen LogP contribution in [0.25, 0.3) is 0 Å². The molecule has 0 radical (unpaired) electrons. The Morgan fingerprint density at radius 2 is 2.12 bits per heavy atom. The molecule has 1 fully saturated rings. The van der Waals surface area contributed by atoms with Crippen molar-refractivity contribution in [3.63, 3.8) is 0 Å². The van der Waals surface area contributed by atoms with Crippen molar-refractivity contribution in [2.75, 3.05) is 32.8 Å². The summed E-state index contributed by atoms with van der Waals surface area (Å²) in [5, 5.41) is 10.7. The largest absolute Gasteiger partial charge is 0.378 e.